The lowest BCUT2D eigenvalue weighted by Gasteiger charge is -2.18. The van der Waals surface area contributed by atoms with Crippen molar-refractivity contribution < 1.29 is 4.79 Å². The Morgan fingerprint density at radius 2 is 2.12 bits per heavy atom. The number of amides is 1. The average Bonchev–Trinajstić information content (AvgIpc) is 2.44. The third-order valence-electron chi connectivity index (χ3n) is 2.61. The molecule has 86 valence electrons. The average molecular weight is 236 g/mol. The number of benzene rings is 1. The first-order valence-corrected chi connectivity index (χ1v) is 6.11. The number of carbonyl (C=O) groups excluding carboxylic acids is 1. The van der Waals surface area contributed by atoms with Crippen LogP contribution in [0.3, 0.4) is 0 Å². The number of nitrogen functional groups attached to an aromatic ring is 1. The van der Waals surface area contributed by atoms with E-state index in [0.29, 0.717) is 6.54 Å². The van der Waals surface area contributed by atoms with Crippen molar-refractivity contribution in [2.75, 3.05) is 12.3 Å². The fourth-order valence-electron chi connectivity index (χ4n) is 1.86. The maximum atomic E-state index is 11.8. The highest BCUT2D eigenvalue weighted by Crippen LogP contribution is 2.36. The molecule has 1 saturated heterocycles. The van der Waals surface area contributed by atoms with E-state index in [0.717, 1.165) is 17.8 Å². The Bertz CT molecular complexity index is 417. The van der Waals surface area contributed by atoms with Crippen molar-refractivity contribution in [1.29, 1.82) is 0 Å². The van der Waals surface area contributed by atoms with Gasteiger partial charge in [0.05, 0.1) is 0 Å². The van der Waals surface area contributed by atoms with Gasteiger partial charge in [0.2, 0.25) is 0 Å². The Kier molecular flexibility index (Phi) is 2.84. The van der Waals surface area contributed by atoms with Gasteiger partial charge in [-0.3, -0.25) is 4.79 Å². The molecule has 0 radical (unpaired) electrons. The molecule has 0 aliphatic carbocycles. The van der Waals surface area contributed by atoms with Crippen LogP contribution in [0.1, 0.15) is 19.4 Å². The van der Waals surface area contributed by atoms with Crippen molar-refractivity contribution >= 4 is 22.7 Å². The van der Waals surface area contributed by atoms with E-state index in [-0.39, 0.29) is 9.99 Å². The first-order chi connectivity index (χ1) is 7.48. The van der Waals surface area contributed by atoms with E-state index in [1.165, 1.54) is 11.8 Å². The Morgan fingerprint density at radius 3 is 2.69 bits per heavy atom. The van der Waals surface area contributed by atoms with Crippen molar-refractivity contribution in [2.24, 2.45) is 0 Å². The maximum absolute atomic E-state index is 11.8. The molecule has 0 aromatic heterocycles. The summed E-state index contributed by atoms with van der Waals surface area (Å²) in [5.41, 5.74) is 7.64. The number of nitrogens with zero attached hydrogens (tertiary/aromatic N) is 1. The van der Waals surface area contributed by atoms with Crippen LogP contribution in [0.25, 0.3) is 0 Å². The second-order valence-electron chi connectivity index (χ2n) is 4.68. The molecule has 2 N–H and O–H groups in total. The SMILES string of the molecule is CC1(C)CN(Cc2ccccc2N)C(=O)S1. The van der Waals surface area contributed by atoms with Crippen molar-refractivity contribution in [3.05, 3.63) is 29.8 Å². The number of nitrogens with two attached hydrogens (primary N) is 1. The van der Waals surface area contributed by atoms with Gasteiger partial charge in [0.25, 0.3) is 5.24 Å². The third-order valence-corrected chi connectivity index (χ3v) is 3.72. The highest BCUT2D eigenvalue weighted by atomic mass is 32.2. The van der Waals surface area contributed by atoms with Crippen molar-refractivity contribution in [3.63, 3.8) is 0 Å². The fourth-order valence-corrected chi connectivity index (χ4v) is 2.81. The zero-order valence-electron chi connectivity index (χ0n) is 9.56. The van der Waals surface area contributed by atoms with Gasteiger partial charge in [0.1, 0.15) is 0 Å². The van der Waals surface area contributed by atoms with Gasteiger partial charge in [0, 0.05) is 23.5 Å². The van der Waals surface area contributed by atoms with E-state index in [1.54, 1.807) is 0 Å². The van der Waals surface area contributed by atoms with E-state index in [2.05, 4.69) is 13.8 Å². The maximum Gasteiger partial charge on any atom is 0.282 e. The van der Waals surface area contributed by atoms with E-state index >= 15 is 0 Å². The van der Waals surface area contributed by atoms with Crippen LogP contribution >= 0.6 is 11.8 Å². The summed E-state index contributed by atoms with van der Waals surface area (Å²) in [6.45, 7) is 5.57. The Labute approximate surface area is 100.0 Å². The Morgan fingerprint density at radius 1 is 1.44 bits per heavy atom. The highest BCUT2D eigenvalue weighted by molar-refractivity contribution is 8.15. The minimum absolute atomic E-state index is 0.0145. The summed E-state index contributed by atoms with van der Waals surface area (Å²) >= 11 is 1.40. The number of hydrogen-bond acceptors (Lipinski definition) is 3. The summed E-state index contributed by atoms with van der Waals surface area (Å²) in [6, 6.07) is 7.70. The van der Waals surface area contributed by atoms with Crippen LogP contribution in [0.2, 0.25) is 0 Å². The second kappa shape index (κ2) is 4.01. The van der Waals surface area contributed by atoms with Gasteiger partial charge < -0.3 is 10.6 Å². The minimum Gasteiger partial charge on any atom is -0.398 e. The molecule has 1 aromatic carbocycles. The summed E-state index contributed by atoms with van der Waals surface area (Å²) in [4.78, 5) is 13.6. The van der Waals surface area contributed by atoms with Crippen LogP contribution < -0.4 is 5.73 Å². The lowest BCUT2D eigenvalue weighted by atomic mass is 10.1. The molecule has 1 aliphatic rings. The van der Waals surface area contributed by atoms with E-state index in [9.17, 15) is 4.79 Å². The molecule has 3 nitrogen and oxygen atoms in total. The molecule has 1 aliphatic heterocycles. The van der Waals surface area contributed by atoms with Crippen LogP contribution in [-0.4, -0.2) is 21.4 Å². The number of hydrogen-bond donors (Lipinski definition) is 1. The lowest BCUT2D eigenvalue weighted by Crippen LogP contribution is -2.28. The van der Waals surface area contributed by atoms with Crippen LogP contribution in [0, 0.1) is 0 Å². The number of rotatable bonds is 2. The third kappa shape index (κ3) is 2.32. The molecule has 0 spiro atoms. The molecular formula is C12H16N2OS. The standard InChI is InChI=1S/C12H16N2OS/c1-12(2)8-14(11(15)16-12)7-9-5-3-4-6-10(9)13/h3-6H,7-8,13H2,1-2H3. The van der Waals surface area contributed by atoms with Gasteiger partial charge >= 0.3 is 0 Å². The first kappa shape index (κ1) is 11.3. The van der Waals surface area contributed by atoms with E-state index in [1.807, 2.05) is 29.2 Å². The predicted molar refractivity (Wildman–Crippen MR) is 68.3 cm³/mol. The summed E-state index contributed by atoms with van der Waals surface area (Å²) in [5, 5.41) is 0.147. The van der Waals surface area contributed by atoms with E-state index < -0.39 is 0 Å². The monoisotopic (exact) mass is 236 g/mol. The van der Waals surface area contributed by atoms with E-state index in [4.69, 9.17) is 5.73 Å². The Balaban J connectivity index is 2.12. The Hall–Kier alpha value is -1.16. The highest BCUT2D eigenvalue weighted by Gasteiger charge is 2.36. The summed E-state index contributed by atoms with van der Waals surface area (Å²) in [7, 11) is 0. The predicted octanol–water partition coefficient (Wildman–Crippen LogP) is 2.72. The minimum atomic E-state index is 0.0145. The molecule has 0 saturated carbocycles. The molecular weight excluding hydrogens is 220 g/mol. The van der Waals surface area contributed by atoms with Crippen molar-refractivity contribution in [3.8, 4) is 0 Å². The van der Waals surface area contributed by atoms with Gasteiger partial charge in [0.15, 0.2) is 0 Å². The smallest absolute Gasteiger partial charge is 0.282 e. The largest absolute Gasteiger partial charge is 0.398 e. The van der Waals surface area contributed by atoms with Crippen LogP contribution in [0.4, 0.5) is 10.5 Å². The second-order valence-corrected chi connectivity index (χ2v) is 6.34. The van der Waals surface area contributed by atoms with Gasteiger partial charge in [-0.15, -0.1) is 0 Å². The number of anilines is 1. The number of para-hydroxylation sites is 1. The summed E-state index contributed by atoms with van der Waals surface area (Å²) in [5.74, 6) is 0. The molecule has 16 heavy (non-hydrogen) atoms. The topological polar surface area (TPSA) is 46.3 Å². The molecule has 0 unspecified atom stereocenters. The fraction of sp³-hybridized carbons (Fsp3) is 0.417. The van der Waals surface area contributed by atoms with Crippen LogP contribution in [0.15, 0.2) is 24.3 Å². The molecule has 1 amide bonds. The zero-order chi connectivity index (χ0) is 11.8. The van der Waals surface area contributed by atoms with Gasteiger partial charge in [-0.2, -0.15) is 0 Å². The summed E-state index contributed by atoms with van der Waals surface area (Å²) < 4.78 is 0.0145. The molecule has 0 bridgehead atoms. The molecule has 4 heteroatoms. The van der Waals surface area contributed by atoms with Gasteiger partial charge in [-0.1, -0.05) is 30.0 Å². The quantitative estimate of drug-likeness (QED) is 0.803. The van der Waals surface area contributed by atoms with Crippen molar-refractivity contribution in [1.82, 2.24) is 4.90 Å². The molecule has 1 aromatic rings. The molecule has 1 heterocycles. The molecule has 2 rings (SSSR count). The van der Waals surface area contributed by atoms with Crippen LogP contribution in [0.5, 0.6) is 0 Å². The molecule has 1 fully saturated rings. The molecule has 0 atom stereocenters. The van der Waals surface area contributed by atoms with Crippen molar-refractivity contribution in [2.45, 2.75) is 25.1 Å². The normalized spacial score (nSPS) is 19.1. The lowest BCUT2D eigenvalue weighted by molar-refractivity contribution is 0.223. The summed E-state index contributed by atoms with van der Waals surface area (Å²) in [6.07, 6.45) is 0. The first-order valence-electron chi connectivity index (χ1n) is 5.29. The van der Waals surface area contributed by atoms with Gasteiger partial charge in [-0.05, 0) is 25.5 Å². The zero-order valence-corrected chi connectivity index (χ0v) is 10.4. The van der Waals surface area contributed by atoms with Crippen LogP contribution in [-0.2, 0) is 6.54 Å². The number of carbonyl (C=O) groups is 1. The van der Waals surface area contributed by atoms with Gasteiger partial charge in [-0.25, -0.2) is 0 Å². The number of thioether (sulfide) groups is 1.